The predicted octanol–water partition coefficient (Wildman–Crippen LogP) is 3.64. The molecule has 1 N–H and O–H groups in total. The average molecular weight is 355 g/mol. The standard InChI is InChI=1S/C18H24ClFN2O2/c1-3-5-12(2)21-17(23)13-6-4-9-22(11-13)18(24)15-10-14(19)7-8-16(15)20/h7-8,10,12-13H,3-6,9,11H2,1-2H3,(H,21,23)/t12-,13+/m1/s1. The lowest BCUT2D eigenvalue weighted by atomic mass is 9.96. The van der Waals surface area contributed by atoms with Gasteiger partial charge in [0.05, 0.1) is 11.5 Å². The van der Waals surface area contributed by atoms with Crippen LogP contribution in [0.2, 0.25) is 5.02 Å². The Morgan fingerprint density at radius 2 is 2.21 bits per heavy atom. The van der Waals surface area contributed by atoms with Crippen LogP contribution >= 0.6 is 11.6 Å². The quantitative estimate of drug-likeness (QED) is 0.877. The molecule has 0 aliphatic carbocycles. The summed E-state index contributed by atoms with van der Waals surface area (Å²) in [6.07, 6.45) is 3.40. The molecule has 1 saturated heterocycles. The van der Waals surface area contributed by atoms with Crippen molar-refractivity contribution in [2.24, 2.45) is 5.92 Å². The Bertz CT molecular complexity index is 609. The van der Waals surface area contributed by atoms with Crippen molar-refractivity contribution in [2.75, 3.05) is 13.1 Å². The molecule has 1 aromatic carbocycles. The molecule has 0 unspecified atom stereocenters. The van der Waals surface area contributed by atoms with Crippen molar-refractivity contribution in [3.8, 4) is 0 Å². The van der Waals surface area contributed by atoms with E-state index in [0.29, 0.717) is 18.1 Å². The number of likely N-dealkylation sites (tertiary alicyclic amines) is 1. The number of piperidine rings is 1. The monoisotopic (exact) mass is 354 g/mol. The zero-order chi connectivity index (χ0) is 17.7. The van der Waals surface area contributed by atoms with E-state index in [1.165, 1.54) is 18.2 Å². The number of amides is 2. The summed E-state index contributed by atoms with van der Waals surface area (Å²) in [6, 6.07) is 4.07. The highest BCUT2D eigenvalue weighted by Gasteiger charge is 2.30. The average Bonchev–Trinajstić information content (AvgIpc) is 2.56. The van der Waals surface area contributed by atoms with Gasteiger partial charge in [-0.25, -0.2) is 4.39 Å². The lowest BCUT2D eigenvalue weighted by Crippen LogP contribution is -2.47. The number of rotatable bonds is 5. The van der Waals surface area contributed by atoms with Crippen LogP contribution in [0, 0.1) is 11.7 Å². The Morgan fingerprint density at radius 3 is 2.92 bits per heavy atom. The van der Waals surface area contributed by atoms with Gasteiger partial charge in [0, 0.05) is 24.2 Å². The summed E-state index contributed by atoms with van der Waals surface area (Å²) in [6.45, 7) is 4.90. The maximum Gasteiger partial charge on any atom is 0.256 e. The van der Waals surface area contributed by atoms with Gasteiger partial charge in [0.2, 0.25) is 5.91 Å². The van der Waals surface area contributed by atoms with Crippen LogP contribution in [-0.2, 0) is 4.79 Å². The largest absolute Gasteiger partial charge is 0.353 e. The van der Waals surface area contributed by atoms with E-state index in [4.69, 9.17) is 11.6 Å². The van der Waals surface area contributed by atoms with Crippen molar-refractivity contribution in [3.05, 3.63) is 34.6 Å². The first kappa shape index (κ1) is 18.7. The highest BCUT2D eigenvalue weighted by molar-refractivity contribution is 6.31. The van der Waals surface area contributed by atoms with Gasteiger partial charge < -0.3 is 10.2 Å². The van der Waals surface area contributed by atoms with Crippen LogP contribution in [0.4, 0.5) is 4.39 Å². The predicted molar refractivity (Wildman–Crippen MR) is 92.6 cm³/mol. The molecule has 2 amide bonds. The second-order valence-corrected chi connectivity index (χ2v) is 6.85. The molecule has 0 bridgehead atoms. The van der Waals surface area contributed by atoms with Crippen LogP contribution in [0.5, 0.6) is 0 Å². The molecular formula is C18H24ClFN2O2. The SMILES string of the molecule is CCC[C@@H](C)NC(=O)[C@H]1CCCN(C(=O)c2cc(Cl)ccc2F)C1. The van der Waals surface area contributed by atoms with Gasteiger partial charge in [0.1, 0.15) is 5.82 Å². The van der Waals surface area contributed by atoms with E-state index in [0.717, 1.165) is 25.7 Å². The van der Waals surface area contributed by atoms with Crippen molar-refractivity contribution in [1.29, 1.82) is 0 Å². The molecule has 0 aromatic heterocycles. The van der Waals surface area contributed by atoms with Gasteiger partial charge in [-0.05, 0) is 44.4 Å². The van der Waals surface area contributed by atoms with Crippen molar-refractivity contribution in [2.45, 2.75) is 45.6 Å². The Balaban J connectivity index is 2.03. The topological polar surface area (TPSA) is 49.4 Å². The third kappa shape index (κ3) is 4.69. The van der Waals surface area contributed by atoms with Crippen molar-refractivity contribution < 1.29 is 14.0 Å². The molecular weight excluding hydrogens is 331 g/mol. The molecule has 24 heavy (non-hydrogen) atoms. The fourth-order valence-corrected chi connectivity index (χ4v) is 3.25. The number of hydrogen-bond donors (Lipinski definition) is 1. The van der Waals surface area contributed by atoms with E-state index in [9.17, 15) is 14.0 Å². The van der Waals surface area contributed by atoms with Gasteiger partial charge in [-0.15, -0.1) is 0 Å². The van der Waals surface area contributed by atoms with Crippen LogP contribution in [0.3, 0.4) is 0 Å². The molecule has 4 nitrogen and oxygen atoms in total. The third-order valence-electron chi connectivity index (χ3n) is 4.35. The van der Waals surface area contributed by atoms with E-state index in [2.05, 4.69) is 12.2 Å². The Morgan fingerprint density at radius 1 is 1.46 bits per heavy atom. The van der Waals surface area contributed by atoms with Crippen LogP contribution in [0.25, 0.3) is 0 Å². The molecule has 1 aliphatic heterocycles. The van der Waals surface area contributed by atoms with E-state index in [1.807, 2.05) is 6.92 Å². The molecule has 0 spiro atoms. The second kappa shape index (κ2) is 8.47. The summed E-state index contributed by atoms with van der Waals surface area (Å²) in [4.78, 5) is 26.5. The lowest BCUT2D eigenvalue weighted by Gasteiger charge is -2.32. The normalized spacial score (nSPS) is 19.0. The van der Waals surface area contributed by atoms with Crippen LogP contribution < -0.4 is 5.32 Å². The minimum Gasteiger partial charge on any atom is -0.353 e. The van der Waals surface area contributed by atoms with E-state index >= 15 is 0 Å². The van der Waals surface area contributed by atoms with Gasteiger partial charge in [-0.2, -0.15) is 0 Å². The lowest BCUT2D eigenvalue weighted by molar-refractivity contribution is -0.127. The van der Waals surface area contributed by atoms with Gasteiger partial charge in [0.25, 0.3) is 5.91 Å². The molecule has 1 aromatic rings. The summed E-state index contributed by atoms with van der Waals surface area (Å²) in [5, 5.41) is 3.32. The van der Waals surface area contributed by atoms with E-state index < -0.39 is 11.7 Å². The summed E-state index contributed by atoms with van der Waals surface area (Å²) < 4.78 is 13.9. The molecule has 2 atom stereocenters. The number of nitrogens with one attached hydrogen (secondary N) is 1. The zero-order valence-corrected chi connectivity index (χ0v) is 14.9. The summed E-state index contributed by atoms with van der Waals surface area (Å²) in [7, 11) is 0. The van der Waals surface area contributed by atoms with Crippen LogP contribution in [-0.4, -0.2) is 35.8 Å². The second-order valence-electron chi connectivity index (χ2n) is 6.41. The molecule has 6 heteroatoms. The highest BCUT2D eigenvalue weighted by Crippen LogP contribution is 2.22. The smallest absolute Gasteiger partial charge is 0.256 e. The Kier molecular flexibility index (Phi) is 6.60. The minimum atomic E-state index is -0.590. The first-order valence-corrected chi connectivity index (χ1v) is 8.84. The maximum atomic E-state index is 13.9. The van der Waals surface area contributed by atoms with Crippen molar-refractivity contribution >= 4 is 23.4 Å². The van der Waals surface area contributed by atoms with E-state index in [-0.39, 0.29) is 23.4 Å². The highest BCUT2D eigenvalue weighted by atomic mass is 35.5. The first-order chi connectivity index (χ1) is 11.4. The third-order valence-corrected chi connectivity index (χ3v) is 4.58. The van der Waals surface area contributed by atoms with Crippen LogP contribution in [0.1, 0.15) is 49.9 Å². The number of halogens is 2. The first-order valence-electron chi connectivity index (χ1n) is 8.47. The molecule has 0 radical (unpaired) electrons. The fraction of sp³-hybridized carbons (Fsp3) is 0.556. The van der Waals surface area contributed by atoms with Crippen LogP contribution in [0.15, 0.2) is 18.2 Å². The summed E-state index contributed by atoms with van der Waals surface area (Å²) >= 11 is 5.86. The zero-order valence-electron chi connectivity index (χ0n) is 14.1. The number of nitrogens with zero attached hydrogens (tertiary/aromatic N) is 1. The van der Waals surface area contributed by atoms with Gasteiger partial charge in [-0.3, -0.25) is 9.59 Å². The molecule has 0 saturated carbocycles. The number of carbonyl (C=O) groups is 2. The minimum absolute atomic E-state index is 0.0278. The Hall–Kier alpha value is -1.62. The number of carbonyl (C=O) groups excluding carboxylic acids is 2. The molecule has 2 rings (SSSR count). The molecule has 132 valence electrons. The van der Waals surface area contributed by atoms with Gasteiger partial charge in [-0.1, -0.05) is 24.9 Å². The number of benzene rings is 1. The van der Waals surface area contributed by atoms with Crippen molar-refractivity contribution in [3.63, 3.8) is 0 Å². The van der Waals surface area contributed by atoms with E-state index in [1.54, 1.807) is 4.90 Å². The van der Waals surface area contributed by atoms with Gasteiger partial charge in [0.15, 0.2) is 0 Å². The van der Waals surface area contributed by atoms with Crippen molar-refractivity contribution in [1.82, 2.24) is 10.2 Å². The van der Waals surface area contributed by atoms with Gasteiger partial charge >= 0.3 is 0 Å². The summed E-state index contributed by atoms with van der Waals surface area (Å²) in [5.74, 6) is -1.27. The molecule has 1 heterocycles. The summed E-state index contributed by atoms with van der Waals surface area (Å²) in [5.41, 5.74) is -0.0390. The maximum absolute atomic E-state index is 13.9. The molecule has 1 fully saturated rings. The molecule has 1 aliphatic rings. The number of hydrogen-bond acceptors (Lipinski definition) is 2. The Labute approximate surface area is 147 Å². The fourth-order valence-electron chi connectivity index (χ4n) is 3.07.